The molecule has 3 aliphatic rings. The fraction of sp³-hybridized carbons (Fsp3) is 0.227. The Labute approximate surface area is 303 Å². The van der Waals surface area contributed by atoms with Crippen molar-refractivity contribution >= 4 is 40.5 Å². The third-order valence-electron chi connectivity index (χ3n) is 10.3. The number of hydrogen-bond donors (Lipinski definition) is 2. The summed E-state index contributed by atoms with van der Waals surface area (Å²) in [6.45, 7) is 0.522. The molecule has 3 heterocycles. The van der Waals surface area contributed by atoms with Crippen LogP contribution in [0.4, 0.5) is 17.1 Å². The number of aliphatic hydroxyl groups excluding tert-OH is 1. The van der Waals surface area contributed by atoms with Gasteiger partial charge < -0.3 is 24.3 Å². The van der Waals surface area contributed by atoms with Gasteiger partial charge in [0.1, 0.15) is 30.5 Å². The second-order valence-electron chi connectivity index (χ2n) is 13.5. The van der Waals surface area contributed by atoms with E-state index >= 15 is 0 Å². The number of ether oxygens (including phenoxy) is 2. The van der Waals surface area contributed by atoms with Gasteiger partial charge in [0.25, 0.3) is 0 Å². The molecule has 5 aromatic rings. The van der Waals surface area contributed by atoms with E-state index in [1.165, 1.54) is 4.90 Å². The molecule has 2 aliphatic heterocycles. The van der Waals surface area contributed by atoms with Gasteiger partial charge in [-0.3, -0.25) is 14.5 Å². The minimum absolute atomic E-state index is 0.161. The fourth-order valence-electron chi connectivity index (χ4n) is 7.90. The van der Waals surface area contributed by atoms with Gasteiger partial charge in [-0.2, -0.15) is 0 Å². The summed E-state index contributed by atoms with van der Waals surface area (Å²) in [6, 6.07) is 40.8. The van der Waals surface area contributed by atoms with Crippen LogP contribution in [-0.2, 0) is 20.9 Å². The van der Waals surface area contributed by atoms with Crippen molar-refractivity contribution in [2.45, 2.75) is 32.0 Å². The van der Waals surface area contributed by atoms with Crippen molar-refractivity contribution in [2.75, 3.05) is 23.4 Å². The largest absolute Gasteiger partial charge is 0.489 e. The zero-order valence-corrected chi connectivity index (χ0v) is 28.7. The molecule has 0 radical (unpaired) electrons. The number of carbonyl (C=O) groups is 2. The number of benzene rings is 4. The zero-order chi connectivity index (χ0) is 35.4. The molecule has 4 atom stereocenters. The van der Waals surface area contributed by atoms with Crippen LogP contribution in [0.5, 0.6) is 5.75 Å². The maximum atomic E-state index is 14.3. The van der Waals surface area contributed by atoms with Crippen molar-refractivity contribution in [1.82, 2.24) is 0 Å². The maximum Gasteiger partial charge on any atom is 0.238 e. The molecule has 8 nitrogen and oxygen atoms in total. The summed E-state index contributed by atoms with van der Waals surface area (Å²) < 4.78 is 18.7. The monoisotopic (exact) mass is 692 g/mol. The van der Waals surface area contributed by atoms with Crippen LogP contribution in [-0.4, -0.2) is 36.2 Å². The lowest BCUT2D eigenvalue weighted by Crippen LogP contribution is -2.35. The smallest absolute Gasteiger partial charge is 0.238 e. The summed E-state index contributed by atoms with van der Waals surface area (Å²) in [5, 5.41) is 12.9. The van der Waals surface area contributed by atoms with Gasteiger partial charge >= 0.3 is 0 Å². The molecule has 262 valence electrons. The van der Waals surface area contributed by atoms with Gasteiger partial charge in [-0.05, 0) is 108 Å². The number of rotatable bonds is 12. The minimum Gasteiger partial charge on any atom is -0.489 e. The Bertz CT molecular complexity index is 2090. The lowest BCUT2D eigenvalue weighted by molar-refractivity contribution is -0.122. The molecule has 1 aromatic heterocycles. The maximum absolute atomic E-state index is 14.3. The average Bonchev–Trinajstić information content (AvgIpc) is 3.90. The molecule has 52 heavy (non-hydrogen) atoms. The van der Waals surface area contributed by atoms with Gasteiger partial charge in [-0.25, -0.2) is 0 Å². The normalized spacial score (nSPS) is 21.3. The molecule has 0 spiro atoms. The number of para-hydroxylation sites is 2. The molecule has 2 fully saturated rings. The Hall–Kier alpha value is -5.70. The number of carbonyl (C=O) groups excluding carboxylic acids is 2. The number of fused-ring (bicyclic) bond motifs is 3. The summed E-state index contributed by atoms with van der Waals surface area (Å²) in [7, 11) is 0. The van der Waals surface area contributed by atoms with E-state index in [1.807, 2.05) is 115 Å². The second kappa shape index (κ2) is 14.9. The van der Waals surface area contributed by atoms with E-state index in [-0.39, 0.29) is 30.4 Å². The van der Waals surface area contributed by atoms with Crippen LogP contribution in [0.3, 0.4) is 0 Å². The van der Waals surface area contributed by atoms with E-state index in [4.69, 9.17) is 13.9 Å². The highest BCUT2D eigenvalue weighted by Gasteiger charge is 2.57. The standard InChI is InChI=1S/C44H40N2O6/c47-26-37-22-21-36(52-37)24-30(29-10-4-1-5-11-29)16-23-40-41-31(27-50-35-14-8-3-9-15-35)25-38-42(39(41)28-51-40)44(49)46(43(38)48)34-19-17-33(18-20-34)45-32-12-6-2-7-13-32/h1-15,17-22,24,38-40,42,45,47H,16,23,25-28H2/b30-24-/t38-,39+,40-,42-/m1/s1. The van der Waals surface area contributed by atoms with Gasteiger partial charge in [-0.15, -0.1) is 0 Å². The van der Waals surface area contributed by atoms with Gasteiger partial charge in [0.05, 0.1) is 30.2 Å². The Kier molecular flexibility index (Phi) is 9.57. The third-order valence-corrected chi connectivity index (χ3v) is 10.3. The molecule has 0 saturated carbocycles. The fourth-order valence-corrected chi connectivity index (χ4v) is 7.90. The number of imide groups is 1. The van der Waals surface area contributed by atoms with E-state index in [1.54, 1.807) is 6.07 Å². The SMILES string of the molecule is O=C1[C@@H]2[C@@H](CC(COc3ccccc3)=C3[C@@H](CC/C(=C/c4ccc(CO)o4)c4ccccc4)OC[C@@H]32)C(=O)N1c1ccc(Nc2ccccc2)cc1. The van der Waals surface area contributed by atoms with Crippen molar-refractivity contribution in [1.29, 1.82) is 0 Å². The van der Waals surface area contributed by atoms with Crippen LogP contribution in [0.15, 0.2) is 143 Å². The Morgan fingerprint density at radius 2 is 1.50 bits per heavy atom. The van der Waals surface area contributed by atoms with Crippen molar-refractivity contribution in [3.05, 3.63) is 156 Å². The van der Waals surface area contributed by atoms with Crippen molar-refractivity contribution in [2.24, 2.45) is 17.8 Å². The lowest BCUT2D eigenvalue weighted by Gasteiger charge is -2.31. The average molecular weight is 693 g/mol. The Morgan fingerprint density at radius 3 is 2.21 bits per heavy atom. The number of hydrogen-bond acceptors (Lipinski definition) is 7. The van der Waals surface area contributed by atoms with Crippen LogP contribution in [0.25, 0.3) is 11.6 Å². The second-order valence-corrected chi connectivity index (χ2v) is 13.5. The minimum atomic E-state index is -0.501. The van der Waals surface area contributed by atoms with Crippen molar-refractivity contribution < 1.29 is 28.6 Å². The van der Waals surface area contributed by atoms with Gasteiger partial charge in [-0.1, -0.05) is 66.7 Å². The quantitative estimate of drug-likeness (QED) is 0.100. The molecule has 8 heteroatoms. The molecule has 2 saturated heterocycles. The van der Waals surface area contributed by atoms with E-state index in [0.717, 1.165) is 39.4 Å². The van der Waals surface area contributed by atoms with E-state index in [0.29, 0.717) is 49.7 Å². The first-order valence-corrected chi connectivity index (χ1v) is 17.8. The number of nitrogens with zero attached hydrogens (tertiary/aromatic N) is 1. The Balaban J connectivity index is 1.06. The first kappa shape index (κ1) is 33.4. The van der Waals surface area contributed by atoms with E-state index in [2.05, 4.69) is 17.4 Å². The predicted octanol–water partition coefficient (Wildman–Crippen LogP) is 8.44. The predicted molar refractivity (Wildman–Crippen MR) is 201 cm³/mol. The summed E-state index contributed by atoms with van der Waals surface area (Å²) in [4.78, 5) is 29.8. The van der Waals surface area contributed by atoms with Gasteiger partial charge in [0, 0.05) is 17.3 Å². The Morgan fingerprint density at radius 1 is 0.808 bits per heavy atom. The van der Waals surface area contributed by atoms with Crippen LogP contribution >= 0.6 is 0 Å². The number of furan rings is 1. The van der Waals surface area contributed by atoms with Gasteiger partial charge in [0.15, 0.2) is 0 Å². The molecular weight excluding hydrogens is 652 g/mol. The summed E-state index contributed by atoms with van der Waals surface area (Å²) in [5.41, 5.74) is 6.67. The number of anilines is 3. The molecule has 2 amide bonds. The highest BCUT2D eigenvalue weighted by atomic mass is 16.5. The molecule has 0 bridgehead atoms. The number of aliphatic hydroxyl groups is 1. The summed E-state index contributed by atoms with van der Waals surface area (Å²) in [6.07, 6.45) is 3.58. The molecular formula is C44H40N2O6. The van der Waals surface area contributed by atoms with Crippen LogP contribution in [0.1, 0.15) is 36.3 Å². The first-order valence-electron chi connectivity index (χ1n) is 17.8. The van der Waals surface area contributed by atoms with Gasteiger partial charge in [0.2, 0.25) is 11.8 Å². The highest BCUT2D eigenvalue weighted by molar-refractivity contribution is 6.22. The van der Waals surface area contributed by atoms with Crippen LogP contribution in [0, 0.1) is 17.8 Å². The third kappa shape index (κ3) is 6.83. The zero-order valence-electron chi connectivity index (χ0n) is 28.7. The molecule has 8 rings (SSSR count). The van der Waals surface area contributed by atoms with E-state index < -0.39 is 11.8 Å². The highest BCUT2D eigenvalue weighted by Crippen LogP contribution is 2.51. The topological polar surface area (TPSA) is 101 Å². The first-order chi connectivity index (χ1) is 25.6. The van der Waals surface area contributed by atoms with Crippen molar-refractivity contribution in [3.63, 3.8) is 0 Å². The molecule has 0 unspecified atom stereocenters. The summed E-state index contributed by atoms with van der Waals surface area (Å²) >= 11 is 0. The van der Waals surface area contributed by atoms with Crippen LogP contribution < -0.4 is 15.0 Å². The number of amides is 2. The molecule has 1 aliphatic carbocycles. The van der Waals surface area contributed by atoms with Crippen molar-refractivity contribution in [3.8, 4) is 5.75 Å². The molecule has 4 aromatic carbocycles. The number of allylic oxidation sites excluding steroid dienone is 1. The number of nitrogens with one attached hydrogen (secondary N) is 1. The van der Waals surface area contributed by atoms with E-state index in [9.17, 15) is 14.7 Å². The lowest BCUT2D eigenvalue weighted by atomic mass is 9.69. The summed E-state index contributed by atoms with van der Waals surface area (Å²) in [5.74, 6) is 0.376. The van der Waals surface area contributed by atoms with Crippen LogP contribution in [0.2, 0.25) is 0 Å². The molecule has 2 N–H and O–H groups in total.